The molecular weight excluding hydrogens is 190 g/mol. The van der Waals surface area contributed by atoms with Gasteiger partial charge in [-0.3, -0.25) is 0 Å². The van der Waals surface area contributed by atoms with Crippen molar-refractivity contribution in [1.29, 1.82) is 0 Å². The fourth-order valence-corrected chi connectivity index (χ4v) is 1.58. The largest absolute Gasteiger partial charge is 0.467 e. The average molecular weight is 199 g/mol. The summed E-state index contributed by atoms with van der Waals surface area (Å²) in [5.41, 5.74) is 1.93. The van der Waals surface area contributed by atoms with Crippen molar-refractivity contribution in [2.45, 2.75) is 6.54 Å². The van der Waals surface area contributed by atoms with E-state index < -0.39 is 0 Å². The van der Waals surface area contributed by atoms with E-state index in [0.29, 0.717) is 6.54 Å². The summed E-state index contributed by atoms with van der Waals surface area (Å²) in [6, 6.07) is 11.7. The van der Waals surface area contributed by atoms with Crippen molar-refractivity contribution in [1.82, 2.24) is 15.0 Å². The lowest BCUT2D eigenvalue weighted by atomic mass is 10.3. The molecule has 0 bridgehead atoms. The maximum absolute atomic E-state index is 5.27. The number of aromatic nitrogens is 3. The zero-order valence-corrected chi connectivity index (χ0v) is 8.00. The fourth-order valence-electron chi connectivity index (χ4n) is 1.58. The third kappa shape index (κ3) is 1.40. The molecule has 2 heterocycles. The van der Waals surface area contributed by atoms with Gasteiger partial charge in [-0.05, 0) is 24.3 Å². The molecule has 0 spiro atoms. The molecule has 0 fully saturated rings. The second kappa shape index (κ2) is 3.24. The Balaban J connectivity index is 2.05. The summed E-state index contributed by atoms with van der Waals surface area (Å²) in [7, 11) is 0. The summed E-state index contributed by atoms with van der Waals surface area (Å²) < 4.78 is 7.09. The van der Waals surface area contributed by atoms with E-state index in [4.69, 9.17) is 4.42 Å². The minimum Gasteiger partial charge on any atom is -0.467 e. The van der Waals surface area contributed by atoms with Crippen LogP contribution in [0.1, 0.15) is 5.76 Å². The number of rotatable bonds is 2. The number of hydrogen-bond acceptors (Lipinski definition) is 3. The third-order valence-electron chi connectivity index (χ3n) is 2.31. The van der Waals surface area contributed by atoms with Gasteiger partial charge in [-0.2, -0.15) is 0 Å². The molecule has 4 heteroatoms. The van der Waals surface area contributed by atoms with Gasteiger partial charge in [-0.25, -0.2) is 4.68 Å². The van der Waals surface area contributed by atoms with Gasteiger partial charge in [0.1, 0.15) is 17.8 Å². The SMILES string of the molecule is c1coc(Cn2nnc3ccccc32)c1. The molecule has 0 unspecified atom stereocenters. The second-order valence-corrected chi connectivity index (χ2v) is 3.32. The summed E-state index contributed by atoms with van der Waals surface area (Å²) in [6.07, 6.45) is 1.66. The van der Waals surface area contributed by atoms with E-state index in [9.17, 15) is 0 Å². The highest BCUT2D eigenvalue weighted by atomic mass is 16.3. The van der Waals surface area contributed by atoms with Crippen molar-refractivity contribution in [3.05, 3.63) is 48.4 Å². The van der Waals surface area contributed by atoms with Crippen LogP contribution < -0.4 is 0 Å². The summed E-state index contributed by atoms with van der Waals surface area (Å²) in [5.74, 6) is 0.880. The molecule has 74 valence electrons. The first-order chi connectivity index (χ1) is 7.43. The van der Waals surface area contributed by atoms with Gasteiger partial charge in [0.25, 0.3) is 0 Å². The highest BCUT2D eigenvalue weighted by molar-refractivity contribution is 5.73. The average Bonchev–Trinajstić information content (AvgIpc) is 2.89. The predicted octanol–water partition coefficient (Wildman–Crippen LogP) is 2.07. The van der Waals surface area contributed by atoms with E-state index in [1.165, 1.54) is 0 Å². The third-order valence-corrected chi connectivity index (χ3v) is 2.31. The molecule has 0 N–H and O–H groups in total. The molecule has 3 aromatic rings. The van der Waals surface area contributed by atoms with Crippen LogP contribution in [0.2, 0.25) is 0 Å². The summed E-state index contributed by atoms with van der Waals surface area (Å²) in [6.45, 7) is 0.619. The lowest BCUT2D eigenvalue weighted by Crippen LogP contribution is -2.00. The molecule has 3 rings (SSSR count). The van der Waals surface area contributed by atoms with Crippen LogP contribution in [0.4, 0.5) is 0 Å². The number of fused-ring (bicyclic) bond motifs is 1. The molecule has 0 aliphatic carbocycles. The van der Waals surface area contributed by atoms with E-state index in [1.807, 2.05) is 41.1 Å². The molecule has 0 amide bonds. The first-order valence-corrected chi connectivity index (χ1v) is 4.74. The van der Waals surface area contributed by atoms with E-state index in [0.717, 1.165) is 16.8 Å². The number of para-hydroxylation sites is 1. The van der Waals surface area contributed by atoms with Crippen LogP contribution in [0, 0.1) is 0 Å². The van der Waals surface area contributed by atoms with Gasteiger partial charge in [-0.15, -0.1) is 5.10 Å². The van der Waals surface area contributed by atoms with Crippen LogP contribution in [0.5, 0.6) is 0 Å². The summed E-state index contributed by atoms with van der Waals surface area (Å²) in [4.78, 5) is 0. The minimum atomic E-state index is 0.619. The van der Waals surface area contributed by atoms with Crippen molar-refractivity contribution in [3.8, 4) is 0 Å². The Kier molecular flexibility index (Phi) is 1.78. The lowest BCUT2D eigenvalue weighted by molar-refractivity contribution is 0.480. The Bertz CT molecular complexity index is 568. The highest BCUT2D eigenvalue weighted by Crippen LogP contribution is 2.11. The Morgan fingerprint density at radius 3 is 2.93 bits per heavy atom. The molecular formula is C11H9N3O. The number of furan rings is 1. The molecule has 0 atom stereocenters. The number of benzene rings is 1. The van der Waals surface area contributed by atoms with Crippen LogP contribution >= 0.6 is 0 Å². The standard InChI is InChI=1S/C11H9N3O/c1-2-6-11-10(5-1)12-13-14(11)8-9-4-3-7-15-9/h1-7H,8H2. The lowest BCUT2D eigenvalue weighted by Gasteiger charge is -1.97. The first-order valence-electron chi connectivity index (χ1n) is 4.74. The smallest absolute Gasteiger partial charge is 0.125 e. The molecule has 0 radical (unpaired) electrons. The zero-order valence-electron chi connectivity index (χ0n) is 8.00. The maximum atomic E-state index is 5.27. The van der Waals surface area contributed by atoms with Crippen LogP contribution in [0.15, 0.2) is 47.1 Å². The molecule has 0 aliphatic rings. The van der Waals surface area contributed by atoms with Crippen molar-refractivity contribution < 1.29 is 4.42 Å². The highest BCUT2D eigenvalue weighted by Gasteiger charge is 2.04. The van der Waals surface area contributed by atoms with Gasteiger partial charge in [0, 0.05) is 0 Å². The summed E-state index contributed by atoms with van der Waals surface area (Å²) >= 11 is 0. The van der Waals surface area contributed by atoms with Gasteiger partial charge in [0.15, 0.2) is 0 Å². The second-order valence-electron chi connectivity index (χ2n) is 3.32. The van der Waals surface area contributed by atoms with Crippen molar-refractivity contribution in [2.24, 2.45) is 0 Å². The normalized spacial score (nSPS) is 10.9. The van der Waals surface area contributed by atoms with E-state index in [1.54, 1.807) is 6.26 Å². The summed E-state index contributed by atoms with van der Waals surface area (Å²) in [5, 5.41) is 8.15. The van der Waals surface area contributed by atoms with Gasteiger partial charge in [-0.1, -0.05) is 17.3 Å². The number of hydrogen-bond donors (Lipinski definition) is 0. The van der Waals surface area contributed by atoms with Crippen LogP contribution in [-0.2, 0) is 6.54 Å². The van der Waals surface area contributed by atoms with Crippen molar-refractivity contribution in [2.75, 3.05) is 0 Å². The Morgan fingerprint density at radius 1 is 1.13 bits per heavy atom. The molecule has 0 saturated heterocycles. The van der Waals surface area contributed by atoms with Crippen molar-refractivity contribution in [3.63, 3.8) is 0 Å². The minimum absolute atomic E-state index is 0.619. The quantitative estimate of drug-likeness (QED) is 0.634. The van der Waals surface area contributed by atoms with E-state index in [2.05, 4.69) is 10.3 Å². The van der Waals surface area contributed by atoms with E-state index in [-0.39, 0.29) is 0 Å². The molecule has 1 aromatic carbocycles. The molecule has 0 aliphatic heterocycles. The van der Waals surface area contributed by atoms with Gasteiger partial charge >= 0.3 is 0 Å². The molecule has 0 saturated carbocycles. The monoisotopic (exact) mass is 199 g/mol. The molecule has 4 nitrogen and oxygen atoms in total. The van der Waals surface area contributed by atoms with Crippen LogP contribution in [-0.4, -0.2) is 15.0 Å². The van der Waals surface area contributed by atoms with Crippen LogP contribution in [0.3, 0.4) is 0 Å². The zero-order chi connectivity index (χ0) is 10.1. The Labute approximate surface area is 86.1 Å². The van der Waals surface area contributed by atoms with Gasteiger partial charge in [0.2, 0.25) is 0 Å². The van der Waals surface area contributed by atoms with E-state index >= 15 is 0 Å². The van der Waals surface area contributed by atoms with Crippen molar-refractivity contribution >= 4 is 11.0 Å². The van der Waals surface area contributed by atoms with Gasteiger partial charge in [0.05, 0.1) is 11.8 Å². The Hall–Kier alpha value is -2.10. The first kappa shape index (κ1) is 8.23. The molecule has 2 aromatic heterocycles. The predicted molar refractivity (Wildman–Crippen MR) is 55.3 cm³/mol. The molecule has 15 heavy (non-hydrogen) atoms. The van der Waals surface area contributed by atoms with Gasteiger partial charge < -0.3 is 4.42 Å². The topological polar surface area (TPSA) is 43.9 Å². The number of nitrogens with zero attached hydrogens (tertiary/aromatic N) is 3. The maximum Gasteiger partial charge on any atom is 0.125 e. The van der Waals surface area contributed by atoms with Crippen LogP contribution in [0.25, 0.3) is 11.0 Å². The fraction of sp³-hybridized carbons (Fsp3) is 0.0909. The Morgan fingerprint density at radius 2 is 2.07 bits per heavy atom.